The highest BCUT2D eigenvalue weighted by molar-refractivity contribution is 5.85. The predicted molar refractivity (Wildman–Crippen MR) is 68.2 cm³/mol. The molecule has 1 amide bonds. The maximum absolute atomic E-state index is 11.4. The minimum absolute atomic E-state index is 0.0500. The van der Waals surface area contributed by atoms with Crippen molar-refractivity contribution in [2.75, 3.05) is 0 Å². The molecule has 0 saturated heterocycles. The molecule has 0 aliphatic rings. The van der Waals surface area contributed by atoms with E-state index in [9.17, 15) is 14.4 Å². The van der Waals surface area contributed by atoms with Crippen molar-refractivity contribution in [3.63, 3.8) is 0 Å². The van der Waals surface area contributed by atoms with Crippen LogP contribution in [0.15, 0.2) is 24.3 Å². The van der Waals surface area contributed by atoms with E-state index in [1.807, 2.05) is 0 Å². The number of aromatic hydroxyl groups is 1. The van der Waals surface area contributed by atoms with Crippen LogP contribution in [0.3, 0.4) is 0 Å². The molecule has 0 radical (unpaired) electrons. The van der Waals surface area contributed by atoms with Gasteiger partial charge in [0.1, 0.15) is 11.8 Å². The Bertz CT molecular complexity index is 496. The zero-order valence-corrected chi connectivity index (χ0v) is 10.6. The number of amides is 1. The van der Waals surface area contributed by atoms with Gasteiger partial charge < -0.3 is 20.6 Å². The summed E-state index contributed by atoms with van der Waals surface area (Å²) in [6, 6.07) is 4.80. The molecule has 1 aromatic rings. The number of carboxylic acid groups (broad SMARTS) is 2. The second-order valence-corrected chi connectivity index (χ2v) is 4.22. The Labute approximate surface area is 114 Å². The number of carboxylic acids is 2. The lowest BCUT2D eigenvalue weighted by molar-refractivity contribution is -0.142. The van der Waals surface area contributed by atoms with Crippen molar-refractivity contribution < 1.29 is 29.7 Å². The van der Waals surface area contributed by atoms with Crippen LogP contribution in [-0.2, 0) is 20.8 Å². The number of carbonyl (C=O) groups is 3. The maximum atomic E-state index is 11.4. The summed E-state index contributed by atoms with van der Waals surface area (Å²) in [6.45, 7) is 0. The first kappa shape index (κ1) is 15.5. The molecule has 0 saturated carbocycles. The molecule has 1 atom stereocenters. The average molecular weight is 281 g/mol. The molecule has 1 rings (SSSR count). The number of carbonyl (C=O) groups excluding carboxylic acids is 1. The predicted octanol–water partition coefficient (Wildman–Crippen LogP) is 0.369. The number of phenolic OH excluding ortho intramolecular Hbond substituents is 1. The number of rotatable bonds is 7. The fourth-order valence-corrected chi connectivity index (χ4v) is 1.55. The van der Waals surface area contributed by atoms with Crippen molar-refractivity contribution in [3.05, 3.63) is 29.8 Å². The second kappa shape index (κ2) is 7.13. The molecule has 1 aromatic carbocycles. The first-order valence-electron chi connectivity index (χ1n) is 5.90. The van der Waals surface area contributed by atoms with E-state index in [0.717, 1.165) is 0 Å². The van der Waals surface area contributed by atoms with Crippen molar-refractivity contribution >= 4 is 17.8 Å². The van der Waals surface area contributed by atoms with E-state index in [2.05, 4.69) is 5.32 Å². The number of aliphatic carboxylic acids is 2. The van der Waals surface area contributed by atoms with Gasteiger partial charge in [0.05, 0.1) is 6.42 Å². The van der Waals surface area contributed by atoms with Crippen molar-refractivity contribution in [1.82, 2.24) is 5.32 Å². The monoisotopic (exact) mass is 281 g/mol. The molecule has 0 heterocycles. The van der Waals surface area contributed by atoms with Gasteiger partial charge in [0, 0.05) is 12.8 Å². The highest BCUT2D eigenvalue weighted by Gasteiger charge is 2.20. The molecule has 20 heavy (non-hydrogen) atoms. The Morgan fingerprint density at radius 2 is 1.65 bits per heavy atom. The normalized spacial score (nSPS) is 11.6. The van der Waals surface area contributed by atoms with E-state index >= 15 is 0 Å². The molecule has 0 aliphatic heterocycles. The fourth-order valence-electron chi connectivity index (χ4n) is 1.55. The second-order valence-electron chi connectivity index (χ2n) is 4.22. The van der Waals surface area contributed by atoms with Crippen LogP contribution in [0.1, 0.15) is 18.4 Å². The van der Waals surface area contributed by atoms with E-state index in [0.29, 0.717) is 5.56 Å². The van der Waals surface area contributed by atoms with Crippen LogP contribution in [0.25, 0.3) is 0 Å². The zero-order chi connectivity index (χ0) is 15.1. The summed E-state index contributed by atoms with van der Waals surface area (Å²) in [5.41, 5.74) is 0.633. The quantitative estimate of drug-likeness (QED) is 0.572. The Morgan fingerprint density at radius 1 is 1.05 bits per heavy atom. The Morgan fingerprint density at radius 3 is 2.15 bits per heavy atom. The van der Waals surface area contributed by atoms with Crippen molar-refractivity contribution in [2.45, 2.75) is 25.3 Å². The summed E-state index contributed by atoms with van der Waals surface area (Å²) in [4.78, 5) is 32.8. The first-order valence-corrected chi connectivity index (χ1v) is 5.90. The van der Waals surface area contributed by atoms with Gasteiger partial charge in [-0.1, -0.05) is 12.1 Å². The van der Waals surface area contributed by atoms with Crippen LogP contribution in [0, 0.1) is 0 Å². The Hall–Kier alpha value is -2.57. The highest BCUT2D eigenvalue weighted by Crippen LogP contribution is 2.11. The minimum atomic E-state index is -1.21. The molecule has 4 N–H and O–H groups in total. The van der Waals surface area contributed by atoms with Gasteiger partial charge in [0.25, 0.3) is 0 Å². The van der Waals surface area contributed by atoms with Crippen LogP contribution >= 0.6 is 0 Å². The molecule has 7 heteroatoms. The minimum Gasteiger partial charge on any atom is -0.508 e. The molecule has 0 unspecified atom stereocenters. The highest BCUT2D eigenvalue weighted by atomic mass is 16.4. The number of hydrogen-bond donors (Lipinski definition) is 4. The fraction of sp³-hybridized carbons (Fsp3) is 0.308. The molecule has 7 nitrogen and oxygen atoms in total. The number of phenols is 1. The summed E-state index contributed by atoms with van der Waals surface area (Å²) in [5.74, 6) is -2.89. The van der Waals surface area contributed by atoms with Crippen LogP contribution in [-0.4, -0.2) is 39.2 Å². The Kier molecular flexibility index (Phi) is 5.52. The molecule has 0 fully saturated rings. The summed E-state index contributed by atoms with van der Waals surface area (Å²) in [7, 11) is 0. The van der Waals surface area contributed by atoms with Gasteiger partial charge >= 0.3 is 11.9 Å². The topological polar surface area (TPSA) is 124 Å². The van der Waals surface area contributed by atoms with Crippen LogP contribution in [0.4, 0.5) is 0 Å². The van der Waals surface area contributed by atoms with Crippen LogP contribution in [0.5, 0.6) is 5.75 Å². The third kappa shape index (κ3) is 5.38. The number of benzene rings is 1. The van der Waals surface area contributed by atoms with Gasteiger partial charge in [-0.25, -0.2) is 4.79 Å². The summed E-state index contributed by atoms with van der Waals surface area (Å²) in [5, 5.41) is 28.9. The van der Waals surface area contributed by atoms with Crippen LogP contribution < -0.4 is 5.32 Å². The molecule has 108 valence electrons. The lowest BCUT2D eigenvalue weighted by atomic mass is 10.1. The number of hydrogen-bond acceptors (Lipinski definition) is 4. The van der Waals surface area contributed by atoms with E-state index < -0.39 is 23.9 Å². The standard InChI is InChI=1S/C13H15NO6/c15-9-3-1-8(2-4-9)7-10(13(19)20)14-11(16)5-6-12(17)18/h1-4,10,15H,5-7H2,(H,14,16)(H,17,18)(H,19,20)/t10-/m0/s1. The van der Waals surface area contributed by atoms with Gasteiger partial charge in [-0.15, -0.1) is 0 Å². The zero-order valence-electron chi connectivity index (χ0n) is 10.6. The van der Waals surface area contributed by atoms with Gasteiger partial charge in [0.15, 0.2) is 0 Å². The van der Waals surface area contributed by atoms with Gasteiger partial charge in [-0.3, -0.25) is 9.59 Å². The molecule has 0 spiro atoms. The lowest BCUT2D eigenvalue weighted by Crippen LogP contribution is -2.42. The first-order chi connectivity index (χ1) is 9.38. The summed E-state index contributed by atoms with van der Waals surface area (Å²) in [6.07, 6.45) is -0.569. The SMILES string of the molecule is O=C(O)CCC(=O)N[C@@H](Cc1ccc(O)cc1)C(=O)O. The lowest BCUT2D eigenvalue weighted by Gasteiger charge is -2.14. The van der Waals surface area contributed by atoms with Crippen LogP contribution in [0.2, 0.25) is 0 Å². The average Bonchev–Trinajstić information content (AvgIpc) is 2.38. The van der Waals surface area contributed by atoms with Crippen molar-refractivity contribution in [3.8, 4) is 5.75 Å². The summed E-state index contributed by atoms with van der Waals surface area (Å²) < 4.78 is 0. The third-order valence-corrected chi connectivity index (χ3v) is 2.58. The molecular formula is C13H15NO6. The molecule has 0 aliphatic carbocycles. The Balaban J connectivity index is 2.60. The largest absolute Gasteiger partial charge is 0.508 e. The molecule has 0 bridgehead atoms. The molecular weight excluding hydrogens is 266 g/mol. The smallest absolute Gasteiger partial charge is 0.326 e. The summed E-state index contributed by atoms with van der Waals surface area (Å²) >= 11 is 0. The van der Waals surface area contributed by atoms with E-state index in [1.165, 1.54) is 12.1 Å². The van der Waals surface area contributed by atoms with E-state index in [4.69, 9.17) is 15.3 Å². The van der Waals surface area contributed by atoms with Crippen molar-refractivity contribution in [2.24, 2.45) is 0 Å². The van der Waals surface area contributed by atoms with E-state index in [1.54, 1.807) is 12.1 Å². The van der Waals surface area contributed by atoms with Gasteiger partial charge in [-0.05, 0) is 17.7 Å². The van der Waals surface area contributed by atoms with Crippen molar-refractivity contribution in [1.29, 1.82) is 0 Å². The maximum Gasteiger partial charge on any atom is 0.326 e. The number of nitrogens with one attached hydrogen (secondary N) is 1. The van der Waals surface area contributed by atoms with Gasteiger partial charge in [-0.2, -0.15) is 0 Å². The van der Waals surface area contributed by atoms with E-state index in [-0.39, 0.29) is 25.0 Å². The molecule has 0 aromatic heterocycles. The third-order valence-electron chi connectivity index (χ3n) is 2.58. The van der Waals surface area contributed by atoms with Gasteiger partial charge in [0.2, 0.25) is 5.91 Å².